The van der Waals surface area contributed by atoms with Crippen molar-refractivity contribution in [2.45, 2.75) is 19.3 Å². The van der Waals surface area contributed by atoms with Crippen molar-refractivity contribution in [3.63, 3.8) is 0 Å². The monoisotopic (exact) mass is 130 g/mol. The second kappa shape index (κ2) is 2.15. The Morgan fingerprint density at radius 3 is 2.80 bits per heavy atom. The molecule has 10 heavy (non-hydrogen) atoms. The molecule has 0 saturated carbocycles. The summed E-state index contributed by atoms with van der Waals surface area (Å²) in [4.78, 5) is 0. The molecule has 1 aliphatic carbocycles. The zero-order valence-electron chi connectivity index (χ0n) is 6.35. The van der Waals surface area contributed by atoms with Gasteiger partial charge >= 0.3 is 0 Å². The van der Waals surface area contributed by atoms with Crippen molar-refractivity contribution in [3.8, 4) is 0 Å². The van der Waals surface area contributed by atoms with Crippen LogP contribution in [0.4, 0.5) is 0 Å². The molecule has 0 amide bonds. The van der Waals surface area contributed by atoms with Gasteiger partial charge in [-0.25, -0.2) is 0 Å². The van der Waals surface area contributed by atoms with Gasteiger partial charge in [0.25, 0.3) is 0 Å². The average molecular weight is 130 g/mol. The van der Waals surface area contributed by atoms with Crippen molar-refractivity contribution in [1.82, 2.24) is 0 Å². The van der Waals surface area contributed by atoms with Crippen molar-refractivity contribution in [3.05, 3.63) is 29.3 Å². The first-order valence-corrected chi connectivity index (χ1v) is 3.95. The first-order chi connectivity index (χ1) is 4.86. The molecule has 0 radical (unpaired) electrons. The molecule has 0 heterocycles. The molecule has 0 nitrogen and oxygen atoms in total. The molecule has 0 bridgehead atoms. The van der Waals surface area contributed by atoms with E-state index in [0.29, 0.717) is 0 Å². The van der Waals surface area contributed by atoms with Gasteiger partial charge in [-0.2, -0.15) is 0 Å². The van der Waals surface area contributed by atoms with Crippen LogP contribution in [0.1, 0.15) is 17.5 Å². The summed E-state index contributed by atoms with van der Waals surface area (Å²) in [6.07, 6.45) is 3.96. The topological polar surface area (TPSA) is 0 Å². The predicted molar refractivity (Wildman–Crippen MR) is 46.6 cm³/mol. The predicted octanol–water partition coefficient (Wildman–Crippen LogP) is 0.434. The number of benzene rings is 1. The molecule has 1 aliphatic rings. The fourth-order valence-corrected chi connectivity index (χ4v) is 1.70. The molecule has 0 spiro atoms. The third-order valence-electron chi connectivity index (χ3n) is 2.25. The van der Waals surface area contributed by atoms with Crippen molar-refractivity contribution in [2.75, 3.05) is 0 Å². The van der Waals surface area contributed by atoms with Gasteiger partial charge in [-0.15, -0.1) is 0 Å². The van der Waals surface area contributed by atoms with E-state index in [0.717, 1.165) is 0 Å². The lowest BCUT2D eigenvalue weighted by molar-refractivity contribution is 0.912. The van der Waals surface area contributed by atoms with E-state index >= 15 is 0 Å². The maximum atomic E-state index is 2.32. The van der Waals surface area contributed by atoms with Gasteiger partial charge in [0.05, 0.1) is 0 Å². The van der Waals surface area contributed by atoms with Crippen LogP contribution in [0.5, 0.6) is 0 Å². The van der Waals surface area contributed by atoms with E-state index < -0.39 is 0 Å². The highest BCUT2D eigenvalue weighted by Crippen LogP contribution is 2.19. The van der Waals surface area contributed by atoms with Crippen LogP contribution in [-0.2, 0) is 12.8 Å². The van der Waals surface area contributed by atoms with Gasteiger partial charge in [0, 0.05) is 0 Å². The van der Waals surface area contributed by atoms with E-state index in [2.05, 4.69) is 26.0 Å². The normalized spacial score (nSPS) is 15.2. The number of rotatable bonds is 0. The molecule has 0 N–H and O–H groups in total. The molecule has 0 saturated heterocycles. The largest absolute Gasteiger partial charge is 0.139 e. The second-order valence-corrected chi connectivity index (χ2v) is 3.13. The molecular formula is C9H11B. The van der Waals surface area contributed by atoms with E-state index in [9.17, 15) is 0 Å². The summed E-state index contributed by atoms with van der Waals surface area (Å²) in [6.45, 7) is 0. The highest BCUT2D eigenvalue weighted by Gasteiger charge is 2.08. The third-order valence-corrected chi connectivity index (χ3v) is 2.25. The third kappa shape index (κ3) is 0.861. The number of aryl methyl sites for hydroxylation is 2. The SMILES string of the molecule is Bc1ccc2c(c1)CCC2. The fourth-order valence-electron chi connectivity index (χ4n) is 1.70. The second-order valence-electron chi connectivity index (χ2n) is 3.13. The van der Waals surface area contributed by atoms with Crippen LogP contribution in [0, 0.1) is 0 Å². The van der Waals surface area contributed by atoms with Crippen LogP contribution in [0.25, 0.3) is 0 Å². The summed E-state index contributed by atoms with van der Waals surface area (Å²) >= 11 is 0. The first kappa shape index (κ1) is 6.02. The van der Waals surface area contributed by atoms with Crippen LogP contribution in [-0.4, -0.2) is 7.85 Å². The molecule has 1 heteroatoms. The lowest BCUT2D eigenvalue weighted by Crippen LogP contribution is -2.02. The Bertz CT molecular complexity index is 253. The van der Waals surface area contributed by atoms with E-state index in [1.165, 1.54) is 24.7 Å². The van der Waals surface area contributed by atoms with Gasteiger partial charge in [0.2, 0.25) is 0 Å². The summed E-state index contributed by atoms with van der Waals surface area (Å²) < 4.78 is 0. The molecule has 0 aliphatic heterocycles. The van der Waals surface area contributed by atoms with Crippen molar-refractivity contribution in [2.24, 2.45) is 0 Å². The van der Waals surface area contributed by atoms with Gasteiger partial charge in [-0.3, -0.25) is 0 Å². The molecule has 0 unspecified atom stereocenters. The van der Waals surface area contributed by atoms with E-state index in [1.54, 1.807) is 11.1 Å². The lowest BCUT2D eigenvalue weighted by Gasteiger charge is -1.98. The lowest BCUT2D eigenvalue weighted by atomic mass is 9.93. The van der Waals surface area contributed by atoms with Crippen LogP contribution in [0.2, 0.25) is 0 Å². The summed E-state index contributed by atoms with van der Waals surface area (Å²) in [5.41, 5.74) is 4.56. The molecule has 0 atom stereocenters. The van der Waals surface area contributed by atoms with Gasteiger partial charge < -0.3 is 0 Å². The van der Waals surface area contributed by atoms with Crippen molar-refractivity contribution in [1.29, 1.82) is 0 Å². The Balaban J connectivity index is 2.52. The van der Waals surface area contributed by atoms with E-state index in [1.807, 2.05) is 0 Å². The zero-order valence-corrected chi connectivity index (χ0v) is 6.35. The maximum absolute atomic E-state index is 2.32. The highest BCUT2D eigenvalue weighted by molar-refractivity contribution is 6.32. The number of hydrogen-bond acceptors (Lipinski definition) is 0. The van der Waals surface area contributed by atoms with Crippen LogP contribution in [0.15, 0.2) is 18.2 Å². The average Bonchev–Trinajstić information content (AvgIpc) is 2.33. The van der Waals surface area contributed by atoms with Crippen LogP contribution < -0.4 is 5.46 Å². The molecule has 1 aromatic carbocycles. The molecule has 0 aromatic heterocycles. The Kier molecular flexibility index (Phi) is 1.30. The zero-order chi connectivity index (χ0) is 6.97. The minimum Gasteiger partial charge on any atom is -0.0887 e. The smallest absolute Gasteiger partial charge is 0.0887 e. The van der Waals surface area contributed by atoms with Gasteiger partial charge in [-0.05, 0) is 30.4 Å². The Morgan fingerprint density at radius 2 is 1.90 bits per heavy atom. The maximum Gasteiger partial charge on any atom is 0.139 e. The molecule has 0 fully saturated rings. The van der Waals surface area contributed by atoms with Gasteiger partial charge in [0.15, 0.2) is 0 Å². The fraction of sp³-hybridized carbons (Fsp3) is 0.333. The standard InChI is InChI=1S/C9H11B/c10-9-5-4-7-2-1-3-8(7)6-9/h4-6H,1-3,10H2. The molecule has 1 aromatic rings. The van der Waals surface area contributed by atoms with E-state index in [-0.39, 0.29) is 0 Å². The van der Waals surface area contributed by atoms with Gasteiger partial charge in [0.1, 0.15) is 7.85 Å². The van der Waals surface area contributed by atoms with Gasteiger partial charge in [-0.1, -0.05) is 23.7 Å². The van der Waals surface area contributed by atoms with Crippen LogP contribution in [0.3, 0.4) is 0 Å². The molecule has 50 valence electrons. The Hall–Kier alpha value is -0.715. The number of fused-ring (bicyclic) bond motifs is 1. The molecular weight excluding hydrogens is 119 g/mol. The highest BCUT2D eigenvalue weighted by atomic mass is 14.1. The first-order valence-electron chi connectivity index (χ1n) is 3.95. The number of hydrogen-bond donors (Lipinski definition) is 0. The van der Waals surface area contributed by atoms with Crippen LogP contribution >= 0.6 is 0 Å². The summed E-state index contributed by atoms with van der Waals surface area (Å²) in [6, 6.07) is 6.81. The Labute approximate surface area is 62.7 Å². The minimum atomic E-state index is 1.30. The summed E-state index contributed by atoms with van der Waals surface area (Å²) in [5, 5.41) is 0. The minimum absolute atomic E-state index is 1.30. The Morgan fingerprint density at radius 1 is 1.10 bits per heavy atom. The molecule has 2 rings (SSSR count). The van der Waals surface area contributed by atoms with Crippen molar-refractivity contribution < 1.29 is 0 Å². The summed E-state index contributed by atoms with van der Waals surface area (Å²) in [5.74, 6) is 0. The summed E-state index contributed by atoms with van der Waals surface area (Å²) in [7, 11) is 2.17. The quantitative estimate of drug-likeness (QED) is 0.447. The van der Waals surface area contributed by atoms with Crippen molar-refractivity contribution >= 4 is 13.3 Å². The van der Waals surface area contributed by atoms with E-state index in [4.69, 9.17) is 0 Å².